The normalized spacial score (nSPS) is 11.7. The second kappa shape index (κ2) is 11.3. The van der Waals surface area contributed by atoms with Crippen LogP contribution in [0.25, 0.3) is 0 Å². The molecule has 0 aliphatic carbocycles. The summed E-state index contributed by atoms with van der Waals surface area (Å²) < 4.78 is 11.7. The minimum atomic E-state index is -0.664. The van der Waals surface area contributed by atoms with Crippen LogP contribution in [0.1, 0.15) is 58.4 Å². The Morgan fingerprint density at radius 3 is 1.03 bits per heavy atom. The second-order valence-corrected chi connectivity index (χ2v) is 11.0. The fraction of sp³-hybridized carbons (Fsp3) is 0.286. The number of hydrogen-bond donors (Lipinski definition) is 0. The van der Waals surface area contributed by atoms with Gasteiger partial charge in [0, 0.05) is 0 Å². The Labute approximate surface area is 227 Å². The first-order chi connectivity index (χ1) is 18.1. The van der Waals surface area contributed by atoms with Crippen LogP contribution in [0.4, 0.5) is 4.79 Å². The Hall–Kier alpha value is -3.85. The molecule has 0 bridgehead atoms. The van der Waals surface area contributed by atoms with Crippen LogP contribution in [0.5, 0.6) is 0 Å². The van der Waals surface area contributed by atoms with E-state index in [0.717, 1.165) is 44.5 Å². The van der Waals surface area contributed by atoms with Crippen molar-refractivity contribution in [1.82, 2.24) is 0 Å². The molecule has 0 fully saturated rings. The topological polar surface area (TPSA) is 35.5 Å². The molecule has 0 N–H and O–H groups in total. The lowest BCUT2D eigenvalue weighted by Gasteiger charge is -2.32. The molecule has 38 heavy (non-hydrogen) atoms. The van der Waals surface area contributed by atoms with Gasteiger partial charge in [-0.1, -0.05) is 119 Å². The monoisotopic (exact) mass is 506 g/mol. The van der Waals surface area contributed by atoms with E-state index in [1.807, 2.05) is 24.3 Å². The highest BCUT2D eigenvalue weighted by Crippen LogP contribution is 2.35. The zero-order valence-corrected chi connectivity index (χ0v) is 23.4. The maximum atomic E-state index is 13.1. The van der Waals surface area contributed by atoms with E-state index in [4.69, 9.17) is 9.47 Å². The van der Waals surface area contributed by atoms with E-state index in [0.29, 0.717) is 0 Å². The first-order valence-corrected chi connectivity index (χ1v) is 13.2. The second-order valence-electron chi connectivity index (χ2n) is 11.0. The molecular formula is C35H38O3. The molecule has 0 spiro atoms. The molecule has 0 aliphatic heterocycles. The molecule has 0 radical (unpaired) electrons. The van der Waals surface area contributed by atoms with Gasteiger partial charge in [-0.2, -0.15) is 0 Å². The highest BCUT2D eigenvalue weighted by atomic mass is 16.7. The van der Waals surface area contributed by atoms with Crippen molar-refractivity contribution in [3.05, 3.63) is 142 Å². The van der Waals surface area contributed by atoms with Gasteiger partial charge in [-0.05, 0) is 63.8 Å². The largest absolute Gasteiger partial charge is 0.508 e. The van der Waals surface area contributed by atoms with Gasteiger partial charge in [0.25, 0.3) is 0 Å². The molecule has 196 valence electrons. The molecule has 0 aromatic heterocycles. The van der Waals surface area contributed by atoms with Crippen LogP contribution in [0.2, 0.25) is 0 Å². The third kappa shape index (κ3) is 5.99. The van der Waals surface area contributed by atoms with Gasteiger partial charge in [0.05, 0.1) is 10.8 Å². The van der Waals surface area contributed by atoms with Gasteiger partial charge in [-0.25, -0.2) is 4.79 Å². The standard InChI is InChI=1S/C35H38O3/c1-25-11-7-15-29(19-25)34(5,30-16-8-12-26(2)20-30)23-37-33(36)38-24-35(6,31-17-9-13-27(3)21-31)32-18-10-14-28(4)22-32/h7-22H,23-24H2,1-6H3. The number of carbonyl (C=O) groups excluding carboxylic acids is 1. The summed E-state index contributed by atoms with van der Waals surface area (Å²) >= 11 is 0. The molecule has 0 saturated heterocycles. The average Bonchev–Trinajstić information content (AvgIpc) is 2.90. The summed E-state index contributed by atoms with van der Waals surface area (Å²) in [5.74, 6) is 0. The van der Waals surface area contributed by atoms with Gasteiger partial charge >= 0.3 is 6.16 Å². The number of benzene rings is 4. The molecule has 0 unspecified atom stereocenters. The van der Waals surface area contributed by atoms with Gasteiger partial charge in [-0.3, -0.25) is 0 Å². The van der Waals surface area contributed by atoms with Crippen LogP contribution in [0.15, 0.2) is 97.1 Å². The molecule has 3 nitrogen and oxygen atoms in total. The van der Waals surface area contributed by atoms with Crippen molar-refractivity contribution in [2.75, 3.05) is 13.2 Å². The first kappa shape index (κ1) is 27.2. The fourth-order valence-corrected chi connectivity index (χ4v) is 5.07. The first-order valence-electron chi connectivity index (χ1n) is 13.2. The van der Waals surface area contributed by atoms with Crippen molar-refractivity contribution in [1.29, 1.82) is 0 Å². The number of rotatable bonds is 8. The lowest BCUT2D eigenvalue weighted by atomic mass is 9.76. The van der Waals surface area contributed by atoms with Crippen LogP contribution < -0.4 is 0 Å². The molecule has 3 heteroatoms. The molecule has 4 aromatic carbocycles. The predicted octanol–water partition coefficient (Wildman–Crippen LogP) is 8.39. The summed E-state index contributed by atoms with van der Waals surface area (Å²) in [5.41, 5.74) is 8.00. The van der Waals surface area contributed by atoms with Crippen LogP contribution in [0.3, 0.4) is 0 Å². The predicted molar refractivity (Wildman–Crippen MR) is 155 cm³/mol. The van der Waals surface area contributed by atoms with E-state index >= 15 is 0 Å². The van der Waals surface area contributed by atoms with E-state index in [-0.39, 0.29) is 13.2 Å². The maximum absolute atomic E-state index is 13.1. The van der Waals surface area contributed by atoms with E-state index in [9.17, 15) is 4.79 Å². The summed E-state index contributed by atoms with van der Waals surface area (Å²) in [6.45, 7) is 12.9. The highest BCUT2D eigenvalue weighted by Gasteiger charge is 2.34. The Kier molecular flexibility index (Phi) is 8.06. The summed E-state index contributed by atoms with van der Waals surface area (Å²) in [6.07, 6.45) is -0.664. The van der Waals surface area contributed by atoms with E-state index in [1.54, 1.807) is 0 Å². The van der Waals surface area contributed by atoms with Crippen molar-refractivity contribution in [3.63, 3.8) is 0 Å². The van der Waals surface area contributed by atoms with Crippen molar-refractivity contribution in [2.24, 2.45) is 0 Å². The van der Waals surface area contributed by atoms with Crippen LogP contribution in [-0.4, -0.2) is 19.4 Å². The van der Waals surface area contributed by atoms with Crippen molar-refractivity contribution < 1.29 is 14.3 Å². The van der Waals surface area contributed by atoms with Gasteiger partial charge in [0.15, 0.2) is 0 Å². The summed E-state index contributed by atoms with van der Waals surface area (Å²) in [7, 11) is 0. The molecular weight excluding hydrogens is 468 g/mol. The third-order valence-electron chi connectivity index (χ3n) is 7.58. The zero-order chi connectivity index (χ0) is 27.3. The molecule has 0 heterocycles. The maximum Gasteiger partial charge on any atom is 0.508 e. The number of carbonyl (C=O) groups is 1. The van der Waals surface area contributed by atoms with E-state index < -0.39 is 17.0 Å². The zero-order valence-electron chi connectivity index (χ0n) is 23.4. The van der Waals surface area contributed by atoms with Gasteiger partial charge in [0.1, 0.15) is 13.2 Å². The SMILES string of the molecule is Cc1cccc(C(C)(COC(=O)OCC(C)(c2cccc(C)c2)c2cccc(C)c2)c2cccc(C)c2)c1. The molecule has 0 saturated carbocycles. The van der Waals surface area contributed by atoms with Gasteiger partial charge < -0.3 is 9.47 Å². The molecule has 4 rings (SSSR count). The van der Waals surface area contributed by atoms with Crippen LogP contribution in [-0.2, 0) is 20.3 Å². The van der Waals surface area contributed by atoms with Crippen molar-refractivity contribution in [3.8, 4) is 0 Å². The lowest BCUT2D eigenvalue weighted by molar-refractivity contribution is 0.0354. The Balaban J connectivity index is 1.57. The summed E-state index contributed by atoms with van der Waals surface area (Å²) in [6, 6.07) is 33.5. The number of ether oxygens (including phenoxy) is 2. The number of hydrogen-bond acceptors (Lipinski definition) is 3. The summed E-state index contributed by atoms with van der Waals surface area (Å²) in [5, 5.41) is 0. The van der Waals surface area contributed by atoms with Crippen molar-refractivity contribution in [2.45, 2.75) is 52.4 Å². The highest BCUT2D eigenvalue weighted by molar-refractivity contribution is 5.61. The van der Waals surface area contributed by atoms with Crippen LogP contribution >= 0.6 is 0 Å². The van der Waals surface area contributed by atoms with Gasteiger partial charge in [-0.15, -0.1) is 0 Å². The third-order valence-corrected chi connectivity index (χ3v) is 7.58. The Bertz CT molecular complexity index is 1220. The number of aryl methyl sites for hydroxylation is 4. The van der Waals surface area contributed by atoms with Crippen LogP contribution in [0, 0.1) is 27.7 Å². The molecule has 0 amide bonds. The summed E-state index contributed by atoms with van der Waals surface area (Å²) in [4.78, 5) is 13.1. The quantitative estimate of drug-likeness (QED) is 0.225. The van der Waals surface area contributed by atoms with Crippen molar-refractivity contribution >= 4 is 6.16 Å². The minimum absolute atomic E-state index is 0.171. The smallest absolute Gasteiger partial charge is 0.433 e. The van der Waals surface area contributed by atoms with E-state index in [1.165, 1.54) is 0 Å². The Morgan fingerprint density at radius 2 is 0.789 bits per heavy atom. The minimum Gasteiger partial charge on any atom is -0.433 e. The Morgan fingerprint density at radius 1 is 0.526 bits per heavy atom. The molecule has 0 atom stereocenters. The fourth-order valence-electron chi connectivity index (χ4n) is 5.07. The molecule has 0 aliphatic rings. The molecule has 4 aromatic rings. The average molecular weight is 507 g/mol. The lowest BCUT2D eigenvalue weighted by Crippen LogP contribution is -2.34. The van der Waals surface area contributed by atoms with E-state index in [2.05, 4.69) is 114 Å². The van der Waals surface area contributed by atoms with Gasteiger partial charge in [0.2, 0.25) is 0 Å².